The zero-order valence-corrected chi connectivity index (χ0v) is 10.1. The number of rotatable bonds is 1. The summed E-state index contributed by atoms with van der Waals surface area (Å²) in [6.45, 7) is 3.47. The molecule has 0 amide bonds. The fraction of sp³-hybridized carbons (Fsp3) is 0.308. The number of alkyl halides is 3. The number of nitrogens with zero attached hydrogens (tertiary/aromatic N) is 2. The Morgan fingerprint density at radius 3 is 2.50 bits per heavy atom. The third-order valence-electron chi connectivity index (χ3n) is 2.71. The van der Waals surface area contributed by atoms with Crippen LogP contribution in [0, 0.1) is 6.92 Å². The topological polar surface area (TPSA) is 17.8 Å². The van der Waals surface area contributed by atoms with Crippen LogP contribution in [-0.4, -0.2) is 15.7 Å². The predicted octanol–water partition coefficient (Wildman–Crippen LogP) is 3.87. The van der Waals surface area contributed by atoms with E-state index < -0.39 is 11.7 Å². The highest BCUT2D eigenvalue weighted by Crippen LogP contribution is 2.32. The van der Waals surface area contributed by atoms with Gasteiger partial charge in [0.15, 0.2) is 0 Å². The summed E-state index contributed by atoms with van der Waals surface area (Å²) in [7, 11) is 0. The van der Waals surface area contributed by atoms with Crippen LogP contribution in [0.25, 0.3) is 5.70 Å². The van der Waals surface area contributed by atoms with Crippen molar-refractivity contribution in [2.24, 2.45) is 0 Å². The van der Waals surface area contributed by atoms with E-state index in [0.29, 0.717) is 17.7 Å². The van der Waals surface area contributed by atoms with Crippen LogP contribution < -0.4 is 0 Å². The number of allylic oxidation sites excluding steroid dienone is 6. The monoisotopic (exact) mass is 254 g/mol. The molecule has 0 spiro atoms. The first-order valence-corrected chi connectivity index (χ1v) is 5.53. The minimum atomic E-state index is -4.33. The fourth-order valence-corrected chi connectivity index (χ4v) is 1.77. The molecule has 1 aromatic rings. The van der Waals surface area contributed by atoms with Gasteiger partial charge in [-0.2, -0.15) is 13.2 Å². The van der Waals surface area contributed by atoms with Gasteiger partial charge < -0.3 is 4.57 Å². The van der Waals surface area contributed by atoms with Crippen molar-refractivity contribution in [3.05, 3.63) is 47.6 Å². The summed E-state index contributed by atoms with van der Waals surface area (Å²) in [5.41, 5.74) is 1.33. The molecular weight excluding hydrogens is 241 g/mol. The van der Waals surface area contributed by atoms with Gasteiger partial charge in [0.25, 0.3) is 0 Å². The van der Waals surface area contributed by atoms with Crippen LogP contribution >= 0.6 is 0 Å². The predicted molar refractivity (Wildman–Crippen MR) is 63.7 cm³/mol. The lowest BCUT2D eigenvalue weighted by Crippen LogP contribution is -2.10. The van der Waals surface area contributed by atoms with Gasteiger partial charge in [-0.3, -0.25) is 0 Å². The molecule has 0 atom stereocenters. The zero-order chi connectivity index (χ0) is 13.3. The maximum atomic E-state index is 12.8. The first-order chi connectivity index (χ1) is 8.36. The van der Waals surface area contributed by atoms with Crippen LogP contribution in [0.5, 0.6) is 0 Å². The van der Waals surface area contributed by atoms with Gasteiger partial charge in [-0.1, -0.05) is 11.6 Å². The molecule has 0 saturated carbocycles. The van der Waals surface area contributed by atoms with Crippen LogP contribution in [0.3, 0.4) is 0 Å². The average Bonchev–Trinajstić information content (AvgIpc) is 2.57. The molecule has 0 radical (unpaired) electrons. The minimum Gasteiger partial charge on any atom is -0.310 e. The SMILES string of the molecule is CC1=CCC(n2cnc(C)c2)=CC(C(F)(F)F)=C1. The lowest BCUT2D eigenvalue weighted by Gasteiger charge is -2.09. The molecule has 1 heterocycles. The summed E-state index contributed by atoms with van der Waals surface area (Å²) in [4.78, 5) is 4.03. The van der Waals surface area contributed by atoms with Crippen molar-refractivity contribution in [2.45, 2.75) is 26.4 Å². The second-order valence-electron chi connectivity index (χ2n) is 4.31. The van der Waals surface area contributed by atoms with Crippen molar-refractivity contribution in [1.82, 2.24) is 9.55 Å². The molecule has 1 aromatic heterocycles. The van der Waals surface area contributed by atoms with Gasteiger partial charge >= 0.3 is 6.18 Å². The van der Waals surface area contributed by atoms with Crippen molar-refractivity contribution < 1.29 is 13.2 Å². The standard InChI is InChI=1S/C13H13F3N2/c1-9-3-4-12(18-7-10(2)17-8-18)6-11(5-9)13(14,15)16/h3,5-8H,4H2,1-2H3. The Balaban J connectivity index is 2.44. The Morgan fingerprint density at radius 1 is 1.22 bits per heavy atom. The van der Waals surface area contributed by atoms with Crippen molar-refractivity contribution in [3.8, 4) is 0 Å². The van der Waals surface area contributed by atoms with E-state index in [4.69, 9.17) is 0 Å². The second-order valence-corrected chi connectivity index (χ2v) is 4.31. The van der Waals surface area contributed by atoms with Gasteiger partial charge in [-0.05, 0) is 26.0 Å². The molecule has 96 valence electrons. The van der Waals surface area contributed by atoms with E-state index >= 15 is 0 Å². The molecule has 0 N–H and O–H groups in total. The Kier molecular flexibility index (Phi) is 3.15. The molecule has 5 heteroatoms. The minimum absolute atomic E-state index is 0.456. The van der Waals surface area contributed by atoms with E-state index in [0.717, 1.165) is 11.8 Å². The lowest BCUT2D eigenvalue weighted by molar-refractivity contribution is -0.0882. The molecule has 18 heavy (non-hydrogen) atoms. The molecule has 0 fully saturated rings. The summed E-state index contributed by atoms with van der Waals surface area (Å²) in [5.74, 6) is 0. The highest BCUT2D eigenvalue weighted by atomic mass is 19.4. The largest absolute Gasteiger partial charge is 0.416 e. The quantitative estimate of drug-likeness (QED) is 0.743. The molecule has 2 nitrogen and oxygen atoms in total. The third kappa shape index (κ3) is 2.72. The number of imidazole rings is 1. The number of hydrogen-bond donors (Lipinski definition) is 0. The second kappa shape index (κ2) is 4.48. The van der Waals surface area contributed by atoms with Gasteiger partial charge in [0.2, 0.25) is 0 Å². The third-order valence-corrected chi connectivity index (χ3v) is 2.71. The molecule has 0 saturated heterocycles. The van der Waals surface area contributed by atoms with E-state index in [-0.39, 0.29) is 0 Å². The number of aryl methyl sites for hydroxylation is 1. The molecule has 0 aliphatic heterocycles. The molecule has 0 bridgehead atoms. The van der Waals surface area contributed by atoms with E-state index in [1.54, 1.807) is 30.7 Å². The number of halogens is 3. The molecule has 1 aliphatic carbocycles. The van der Waals surface area contributed by atoms with E-state index in [1.165, 1.54) is 12.4 Å². The van der Waals surface area contributed by atoms with Crippen molar-refractivity contribution >= 4 is 5.70 Å². The van der Waals surface area contributed by atoms with Gasteiger partial charge in [0.05, 0.1) is 17.6 Å². The summed E-state index contributed by atoms with van der Waals surface area (Å²) in [5, 5.41) is 0. The highest BCUT2D eigenvalue weighted by molar-refractivity contribution is 5.57. The Hall–Kier alpha value is -1.78. The molecule has 2 rings (SSSR count). The Morgan fingerprint density at radius 2 is 1.94 bits per heavy atom. The van der Waals surface area contributed by atoms with Crippen molar-refractivity contribution in [2.75, 3.05) is 0 Å². The zero-order valence-electron chi connectivity index (χ0n) is 10.1. The van der Waals surface area contributed by atoms with Crippen molar-refractivity contribution in [3.63, 3.8) is 0 Å². The van der Waals surface area contributed by atoms with Crippen LogP contribution in [0.15, 0.2) is 41.9 Å². The van der Waals surface area contributed by atoms with Crippen LogP contribution in [0.2, 0.25) is 0 Å². The van der Waals surface area contributed by atoms with Crippen LogP contribution in [0.1, 0.15) is 19.0 Å². The smallest absolute Gasteiger partial charge is 0.310 e. The van der Waals surface area contributed by atoms with E-state index in [2.05, 4.69) is 4.98 Å². The van der Waals surface area contributed by atoms with Gasteiger partial charge in [-0.25, -0.2) is 4.98 Å². The normalized spacial score (nSPS) is 16.8. The number of aromatic nitrogens is 2. The summed E-state index contributed by atoms with van der Waals surface area (Å²) in [6.07, 6.45) is 3.49. The Bertz CT molecular complexity index is 545. The van der Waals surface area contributed by atoms with Crippen LogP contribution in [-0.2, 0) is 0 Å². The van der Waals surface area contributed by atoms with Crippen molar-refractivity contribution in [1.29, 1.82) is 0 Å². The molecular formula is C13H13F3N2. The maximum Gasteiger partial charge on any atom is 0.416 e. The molecule has 1 aliphatic rings. The van der Waals surface area contributed by atoms with E-state index in [9.17, 15) is 13.2 Å². The van der Waals surface area contributed by atoms with Gasteiger partial charge in [-0.15, -0.1) is 0 Å². The molecule has 0 aromatic carbocycles. The maximum absolute atomic E-state index is 12.8. The van der Waals surface area contributed by atoms with Gasteiger partial charge in [0, 0.05) is 18.3 Å². The Labute approximate surface area is 103 Å². The summed E-state index contributed by atoms with van der Waals surface area (Å²) in [6, 6.07) is 0. The lowest BCUT2D eigenvalue weighted by atomic mass is 10.2. The average molecular weight is 254 g/mol. The first kappa shape index (κ1) is 12.7. The van der Waals surface area contributed by atoms with Gasteiger partial charge in [0.1, 0.15) is 0 Å². The summed E-state index contributed by atoms with van der Waals surface area (Å²) >= 11 is 0. The highest BCUT2D eigenvalue weighted by Gasteiger charge is 2.32. The first-order valence-electron chi connectivity index (χ1n) is 5.53. The summed E-state index contributed by atoms with van der Waals surface area (Å²) < 4.78 is 40.1. The number of hydrogen-bond acceptors (Lipinski definition) is 1. The molecule has 0 unspecified atom stereocenters. The fourth-order valence-electron chi connectivity index (χ4n) is 1.77. The van der Waals surface area contributed by atoms with E-state index in [1.807, 2.05) is 0 Å². The van der Waals surface area contributed by atoms with Crippen LogP contribution in [0.4, 0.5) is 13.2 Å².